The van der Waals surface area contributed by atoms with Crippen LogP contribution in [0.15, 0.2) is 11.1 Å². The van der Waals surface area contributed by atoms with Crippen molar-refractivity contribution < 1.29 is 44.7 Å². The summed E-state index contributed by atoms with van der Waals surface area (Å²) in [7, 11) is 0. The van der Waals surface area contributed by atoms with Crippen molar-refractivity contribution in [2.45, 2.75) is 0 Å². The van der Waals surface area contributed by atoms with E-state index in [2.05, 4.69) is 0 Å². The van der Waals surface area contributed by atoms with Crippen LogP contribution in [0.3, 0.4) is 0 Å². The van der Waals surface area contributed by atoms with Crippen LogP contribution < -0.4 is 10.6 Å². The number of nitrogens with one attached hydrogen (secondary N) is 2. The average Bonchev–Trinajstić information content (AvgIpc) is 3.30. The quantitative estimate of drug-likeness (QED) is 0.390. The van der Waals surface area contributed by atoms with Gasteiger partial charge in [0.1, 0.15) is 23.3 Å². The van der Waals surface area contributed by atoms with Crippen LogP contribution in [0.25, 0.3) is 11.4 Å². The summed E-state index contributed by atoms with van der Waals surface area (Å²) in [6.07, 6.45) is 0. The molecule has 2 aromatic carbocycles. The van der Waals surface area contributed by atoms with Crippen molar-refractivity contribution in [3.8, 4) is 12.1 Å². The van der Waals surface area contributed by atoms with Gasteiger partial charge in [-0.3, -0.25) is 9.59 Å². The minimum Gasteiger partial charge on any atom is -0.320 e. The van der Waals surface area contributed by atoms with Crippen molar-refractivity contribution in [1.82, 2.24) is 10.6 Å². The van der Waals surface area contributed by atoms with E-state index in [-0.39, 0.29) is 0 Å². The molecular weight excluding hydrogens is 480 g/mol. The SMILES string of the molecule is N#Cc1c(F)c(F)c(F)c(C2=C3C(=O)NC(c4c(F)c(F)c(F)c(C#N)c4F)=C3C(=O)N2)c1F. The van der Waals surface area contributed by atoms with E-state index in [1.54, 1.807) is 10.6 Å². The molecular formula is C20H2F8N4O2. The first-order chi connectivity index (χ1) is 16.0. The Morgan fingerprint density at radius 1 is 0.500 bits per heavy atom. The Labute approximate surface area is 182 Å². The van der Waals surface area contributed by atoms with E-state index < -0.39 is 103 Å². The number of nitriles is 2. The topological polar surface area (TPSA) is 106 Å². The molecule has 170 valence electrons. The summed E-state index contributed by atoms with van der Waals surface area (Å²) in [5.74, 6) is -20.5. The van der Waals surface area contributed by atoms with Crippen LogP contribution in [0.2, 0.25) is 0 Å². The molecule has 2 amide bonds. The molecule has 6 nitrogen and oxygen atoms in total. The number of rotatable bonds is 2. The fourth-order valence-electron chi connectivity index (χ4n) is 3.46. The predicted octanol–water partition coefficient (Wildman–Crippen LogP) is 2.92. The van der Waals surface area contributed by atoms with Crippen LogP contribution in [-0.4, -0.2) is 11.8 Å². The number of carbonyl (C=O) groups is 2. The Hall–Kier alpha value is -4.72. The lowest BCUT2D eigenvalue weighted by Crippen LogP contribution is -2.24. The summed E-state index contributed by atoms with van der Waals surface area (Å²) in [6.45, 7) is 0. The van der Waals surface area contributed by atoms with Crippen LogP contribution in [-0.2, 0) is 9.59 Å². The molecule has 2 aliphatic rings. The van der Waals surface area contributed by atoms with Crippen LogP contribution >= 0.6 is 0 Å². The van der Waals surface area contributed by atoms with Gasteiger partial charge in [0, 0.05) is 0 Å². The fourth-order valence-corrected chi connectivity index (χ4v) is 3.46. The molecule has 0 fully saturated rings. The Morgan fingerprint density at radius 3 is 1.12 bits per heavy atom. The minimum atomic E-state index is -2.33. The summed E-state index contributed by atoms with van der Waals surface area (Å²) >= 11 is 0. The van der Waals surface area contributed by atoms with Crippen molar-refractivity contribution in [3.63, 3.8) is 0 Å². The Kier molecular flexibility index (Phi) is 4.90. The Bertz CT molecular complexity index is 1430. The maximum Gasteiger partial charge on any atom is 0.258 e. The standard InChI is InChI=1S/C20H2F8N4O2/c21-9-3(1-29)11(23)15(27)13(25)7(9)17-5-6(20(34)31-17)18(32-19(5)33)8-10(22)4(2-30)12(24)16(28)14(8)26/h(H,31,34)(H,32,33). The first-order valence-electron chi connectivity index (χ1n) is 8.62. The van der Waals surface area contributed by atoms with Gasteiger partial charge < -0.3 is 10.6 Å². The lowest BCUT2D eigenvalue weighted by atomic mass is 9.98. The number of nitrogens with zero attached hydrogens (tertiary/aromatic N) is 2. The van der Waals surface area contributed by atoms with Gasteiger partial charge in [-0.25, -0.2) is 35.1 Å². The van der Waals surface area contributed by atoms with Crippen molar-refractivity contribution in [3.05, 3.63) is 79.9 Å². The number of halogens is 8. The third-order valence-electron chi connectivity index (χ3n) is 4.93. The maximum absolute atomic E-state index is 14.6. The molecule has 2 N–H and O–H groups in total. The van der Waals surface area contributed by atoms with E-state index in [9.17, 15) is 44.7 Å². The van der Waals surface area contributed by atoms with Crippen molar-refractivity contribution in [2.24, 2.45) is 0 Å². The first kappa shape index (κ1) is 22.5. The number of hydrogen-bond acceptors (Lipinski definition) is 4. The molecule has 2 heterocycles. The number of hydrogen-bond donors (Lipinski definition) is 2. The molecule has 0 atom stereocenters. The summed E-state index contributed by atoms with van der Waals surface area (Å²) in [5, 5.41) is 21.2. The Morgan fingerprint density at radius 2 is 0.824 bits per heavy atom. The van der Waals surface area contributed by atoms with E-state index in [0.29, 0.717) is 0 Å². The maximum atomic E-state index is 14.6. The lowest BCUT2D eigenvalue weighted by Gasteiger charge is -2.12. The monoisotopic (exact) mass is 482 g/mol. The zero-order chi connectivity index (χ0) is 25.2. The number of carbonyl (C=O) groups excluding carboxylic acids is 2. The predicted molar refractivity (Wildman–Crippen MR) is 92.1 cm³/mol. The number of amides is 2. The molecule has 2 aliphatic heterocycles. The smallest absolute Gasteiger partial charge is 0.258 e. The van der Waals surface area contributed by atoms with Gasteiger partial charge in [0.25, 0.3) is 11.8 Å². The molecule has 2 aromatic rings. The lowest BCUT2D eigenvalue weighted by molar-refractivity contribution is -0.117. The van der Waals surface area contributed by atoms with Gasteiger partial charge in [0.2, 0.25) is 0 Å². The highest BCUT2D eigenvalue weighted by Crippen LogP contribution is 2.41. The molecule has 0 bridgehead atoms. The highest BCUT2D eigenvalue weighted by molar-refractivity contribution is 6.30. The van der Waals surface area contributed by atoms with E-state index in [1.807, 2.05) is 0 Å². The molecule has 34 heavy (non-hydrogen) atoms. The van der Waals surface area contributed by atoms with Gasteiger partial charge in [-0.2, -0.15) is 10.5 Å². The molecule has 0 aromatic heterocycles. The third kappa shape index (κ3) is 2.72. The van der Waals surface area contributed by atoms with Crippen LogP contribution in [0.1, 0.15) is 22.3 Å². The minimum absolute atomic E-state index is 0.940. The highest BCUT2D eigenvalue weighted by atomic mass is 19.2. The van der Waals surface area contributed by atoms with Gasteiger partial charge >= 0.3 is 0 Å². The zero-order valence-electron chi connectivity index (χ0n) is 15.7. The zero-order valence-corrected chi connectivity index (χ0v) is 15.7. The molecule has 0 spiro atoms. The molecule has 0 saturated heterocycles. The summed E-state index contributed by atoms with van der Waals surface area (Å²) in [6, 6.07) is 1.88. The van der Waals surface area contributed by atoms with E-state index in [0.717, 1.165) is 12.1 Å². The normalized spacial score (nSPS) is 14.8. The molecule has 0 aliphatic carbocycles. The number of fused-ring (bicyclic) bond motifs is 1. The second-order valence-corrected chi connectivity index (χ2v) is 6.64. The second kappa shape index (κ2) is 7.41. The van der Waals surface area contributed by atoms with Crippen LogP contribution in [0, 0.1) is 69.2 Å². The van der Waals surface area contributed by atoms with Gasteiger partial charge in [-0.1, -0.05) is 0 Å². The van der Waals surface area contributed by atoms with E-state index in [1.165, 1.54) is 0 Å². The van der Waals surface area contributed by atoms with E-state index in [4.69, 9.17) is 10.5 Å². The number of benzene rings is 2. The van der Waals surface area contributed by atoms with Crippen molar-refractivity contribution in [2.75, 3.05) is 0 Å². The van der Waals surface area contributed by atoms with Crippen molar-refractivity contribution in [1.29, 1.82) is 10.5 Å². The molecule has 0 saturated carbocycles. The highest BCUT2D eigenvalue weighted by Gasteiger charge is 2.45. The van der Waals surface area contributed by atoms with E-state index >= 15 is 0 Å². The van der Waals surface area contributed by atoms with Gasteiger partial charge in [-0.15, -0.1) is 0 Å². The largest absolute Gasteiger partial charge is 0.320 e. The van der Waals surface area contributed by atoms with Crippen molar-refractivity contribution >= 4 is 23.2 Å². The second-order valence-electron chi connectivity index (χ2n) is 6.64. The summed E-state index contributed by atoms with van der Waals surface area (Å²) in [5.41, 5.74) is -10.7. The molecule has 0 unspecified atom stereocenters. The molecule has 0 radical (unpaired) electrons. The van der Waals surface area contributed by atoms with Gasteiger partial charge in [0.15, 0.2) is 46.5 Å². The summed E-state index contributed by atoms with van der Waals surface area (Å²) < 4.78 is 113. The van der Waals surface area contributed by atoms with Crippen LogP contribution in [0.4, 0.5) is 35.1 Å². The van der Waals surface area contributed by atoms with Gasteiger partial charge in [-0.05, 0) is 0 Å². The fraction of sp³-hybridized carbons (Fsp3) is 0. The summed E-state index contributed by atoms with van der Waals surface area (Å²) in [4.78, 5) is 24.9. The van der Waals surface area contributed by atoms with Gasteiger partial charge in [0.05, 0.1) is 33.7 Å². The third-order valence-corrected chi connectivity index (χ3v) is 4.93. The molecule has 14 heteroatoms. The Balaban J connectivity index is 2.10. The van der Waals surface area contributed by atoms with Crippen LogP contribution in [0.5, 0.6) is 0 Å². The average molecular weight is 482 g/mol. The first-order valence-corrected chi connectivity index (χ1v) is 8.62. The molecule has 4 rings (SSSR count).